The van der Waals surface area contributed by atoms with E-state index in [1.807, 2.05) is 13.8 Å². The van der Waals surface area contributed by atoms with Gasteiger partial charge >= 0.3 is 0 Å². The second-order valence-electron chi connectivity index (χ2n) is 5.32. The van der Waals surface area contributed by atoms with Crippen LogP contribution >= 0.6 is 23.2 Å². The molecule has 1 aliphatic rings. The number of carbonyl (C=O) groups excluding carboxylic acids is 1. The molecular formula is C14H19Cl2N3O2. The Balaban J connectivity index is 2.09. The van der Waals surface area contributed by atoms with Gasteiger partial charge in [0.1, 0.15) is 11.2 Å². The normalized spacial score (nSPS) is 19.8. The average Bonchev–Trinajstić information content (AvgIpc) is 2.41. The Labute approximate surface area is 134 Å². The van der Waals surface area contributed by atoms with E-state index in [-0.39, 0.29) is 18.0 Å². The number of nitrogens with zero attached hydrogens (tertiary/aromatic N) is 2. The van der Waals surface area contributed by atoms with E-state index in [1.165, 1.54) is 0 Å². The fourth-order valence-corrected chi connectivity index (χ4v) is 2.65. The fraction of sp³-hybridized carbons (Fsp3) is 0.571. The van der Waals surface area contributed by atoms with Crippen LogP contribution in [0.4, 0.5) is 0 Å². The van der Waals surface area contributed by atoms with Crippen LogP contribution in [-0.2, 0) is 16.1 Å². The molecule has 5 nitrogen and oxygen atoms in total. The maximum absolute atomic E-state index is 12.2. The lowest BCUT2D eigenvalue weighted by Crippen LogP contribution is -2.54. The summed E-state index contributed by atoms with van der Waals surface area (Å²) >= 11 is 12.0. The van der Waals surface area contributed by atoms with Gasteiger partial charge in [0, 0.05) is 35.9 Å². The van der Waals surface area contributed by atoms with Crippen molar-refractivity contribution >= 4 is 29.1 Å². The molecule has 0 aromatic carbocycles. The first-order valence-electron chi connectivity index (χ1n) is 6.89. The van der Waals surface area contributed by atoms with Crippen LogP contribution in [0.5, 0.6) is 0 Å². The summed E-state index contributed by atoms with van der Waals surface area (Å²) < 4.78 is 5.43. The van der Waals surface area contributed by atoms with Crippen LogP contribution in [0.25, 0.3) is 0 Å². The molecule has 1 atom stereocenters. The summed E-state index contributed by atoms with van der Waals surface area (Å²) in [5, 5.41) is 3.84. The molecule has 7 heteroatoms. The summed E-state index contributed by atoms with van der Waals surface area (Å²) in [5.41, 5.74) is 0.852. The maximum atomic E-state index is 12.2. The van der Waals surface area contributed by atoms with Crippen molar-refractivity contribution in [3.8, 4) is 0 Å². The van der Waals surface area contributed by atoms with Gasteiger partial charge in [0.15, 0.2) is 0 Å². The molecule has 1 unspecified atom stereocenters. The van der Waals surface area contributed by atoms with Gasteiger partial charge in [-0.1, -0.05) is 23.2 Å². The molecule has 2 rings (SSSR count). The standard InChI is InChI=1S/C14H19Cl2N3O2/c1-9(2)18-14(20)12-8-21-4-3-19(12)7-10-6-17-13(16)5-11(10)15/h5-6,9,12H,3-4,7-8H2,1-2H3,(H,18,20). The SMILES string of the molecule is CC(C)NC(=O)C1COCCN1Cc1cnc(Cl)cc1Cl. The van der Waals surface area contributed by atoms with Crippen molar-refractivity contribution in [2.75, 3.05) is 19.8 Å². The number of rotatable bonds is 4. The van der Waals surface area contributed by atoms with Gasteiger partial charge in [-0.05, 0) is 19.9 Å². The number of carbonyl (C=O) groups is 1. The van der Waals surface area contributed by atoms with Crippen molar-refractivity contribution in [2.45, 2.75) is 32.5 Å². The Morgan fingerprint density at radius 3 is 3.00 bits per heavy atom. The third-order valence-corrected chi connectivity index (χ3v) is 3.80. The van der Waals surface area contributed by atoms with E-state index in [2.05, 4.69) is 15.2 Å². The van der Waals surface area contributed by atoms with E-state index >= 15 is 0 Å². The lowest BCUT2D eigenvalue weighted by atomic mass is 10.1. The number of morpholine rings is 1. The molecule has 1 fully saturated rings. The van der Waals surface area contributed by atoms with E-state index in [1.54, 1.807) is 12.3 Å². The molecule has 0 radical (unpaired) electrons. The second-order valence-corrected chi connectivity index (χ2v) is 6.12. The van der Waals surface area contributed by atoms with Crippen LogP contribution in [0.3, 0.4) is 0 Å². The number of aromatic nitrogens is 1. The van der Waals surface area contributed by atoms with Gasteiger partial charge in [-0.25, -0.2) is 4.98 Å². The molecule has 2 heterocycles. The number of pyridine rings is 1. The minimum atomic E-state index is -0.312. The Morgan fingerprint density at radius 1 is 1.57 bits per heavy atom. The van der Waals surface area contributed by atoms with Crippen molar-refractivity contribution in [2.24, 2.45) is 0 Å². The highest BCUT2D eigenvalue weighted by Gasteiger charge is 2.30. The number of amides is 1. The van der Waals surface area contributed by atoms with Gasteiger partial charge in [-0.15, -0.1) is 0 Å². The highest BCUT2D eigenvalue weighted by Crippen LogP contribution is 2.22. The quantitative estimate of drug-likeness (QED) is 0.858. The number of halogens is 2. The van der Waals surface area contributed by atoms with Gasteiger partial charge in [0.05, 0.1) is 13.2 Å². The minimum Gasteiger partial charge on any atom is -0.378 e. The van der Waals surface area contributed by atoms with Crippen LogP contribution in [0.15, 0.2) is 12.3 Å². The molecule has 1 aromatic rings. The summed E-state index contributed by atoms with van der Waals surface area (Å²) in [5.74, 6) is -0.0252. The van der Waals surface area contributed by atoms with Crippen molar-refractivity contribution in [3.05, 3.63) is 28.0 Å². The third-order valence-electron chi connectivity index (χ3n) is 3.24. The van der Waals surface area contributed by atoms with Crippen LogP contribution in [-0.4, -0.2) is 47.6 Å². The number of hydrogen-bond donors (Lipinski definition) is 1. The first kappa shape index (κ1) is 16.5. The molecule has 116 valence electrons. The van der Waals surface area contributed by atoms with Gasteiger partial charge in [0.25, 0.3) is 0 Å². The zero-order valence-electron chi connectivity index (χ0n) is 12.1. The predicted molar refractivity (Wildman–Crippen MR) is 82.6 cm³/mol. The lowest BCUT2D eigenvalue weighted by molar-refractivity contribution is -0.133. The molecule has 0 saturated carbocycles. The average molecular weight is 332 g/mol. The summed E-state index contributed by atoms with van der Waals surface area (Å²) in [6.07, 6.45) is 1.65. The van der Waals surface area contributed by atoms with Gasteiger partial charge in [-0.3, -0.25) is 9.69 Å². The highest BCUT2D eigenvalue weighted by molar-refractivity contribution is 6.34. The number of nitrogens with one attached hydrogen (secondary N) is 1. The second kappa shape index (κ2) is 7.40. The zero-order valence-corrected chi connectivity index (χ0v) is 13.6. The number of hydrogen-bond acceptors (Lipinski definition) is 4. The Morgan fingerprint density at radius 2 is 2.33 bits per heavy atom. The molecular weight excluding hydrogens is 313 g/mol. The monoisotopic (exact) mass is 331 g/mol. The van der Waals surface area contributed by atoms with Gasteiger partial charge in [0.2, 0.25) is 5.91 Å². The Hall–Kier alpha value is -0.880. The Kier molecular flexibility index (Phi) is 5.81. The van der Waals surface area contributed by atoms with Gasteiger partial charge in [-0.2, -0.15) is 0 Å². The smallest absolute Gasteiger partial charge is 0.239 e. The summed E-state index contributed by atoms with van der Waals surface area (Å²) in [7, 11) is 0. The Bertz CT molecular complexity index is 511. The topological polar surface area (TPSA) is 54.5 Å². The maximum Gasteiger partial charge on any atom is 0.239 e. The van der Waals surface area contributed by atoms with Crippen LogP contribution in [0.2, 0.25) is 10.2 Å². The molecule has 21 heavy (non-hydrogen) atoms. The lowest BCUT2D eigenvalue weighted by Gasteiger charge is -2.35. The summed E-state index contributed by atoms with van der Waals surface area (Å²) in [6, 6.07) is 1.40. The minimum absolute atomic E-state index is 0.0252. The van der Waals surface area contributed by atoms with Crippen molar-refractivity contribution in [1.82, 2.24) is 15.2 Å². The first-order valence-corrected chi connectivity index (χ1v) is 7.65. The van der Waals surface area contributed by atoms with E-state index in [9.17, 15) is 4.79 Å². The molecule has 1 saturated heterocycles. The van der Waals surface area contributed by atoms with E-state index in [4.69, 9.17) is 27.9 Å². The number of ether oxygens (including phenoxy) is 1. The van der Waals surface area contributed by atoms with E-state index in [0.29, 0.717) is 36.5 Å². The predicted octanol–water partition coefficient (Wildman–Crippen LogP) is 2.11. The first-order chi connectivity index (χ1) is 9.97. The third kappa shape index (κ3) is 4.54. The van der Waals surface area contributed by atoms with Gasteiger partial charge < -0.3 is 10.1 Å². The molecule has 0 aliphatic carbocycles. The summed E-state index contributed by atoms with van der Waals surface area (Å²) in [6.45, 7) is 6.08. The molecule has 1 amide bonds. The van der Waals surface area contributed by atoms with E-state index < -0.39 is 0 Å². The van der Waals surface area contributed by atoms with Crippen LogP contribution in [0, 0.1) is 0 Å². The fourth-order valence-electron chi connectivity index (χ4n) is 2.22. The van der Waals surface area contributed by atoms with Crippen molar-refractivity contribution in [3.63, 3.8) is 0 Å². The van der Waals surface area contributed by atoms with Crippen molar-refractivity contribution < 1.29 is 9.53 Å². The molecule has 1 N–H and O–H groups in total. The van der Waals surface area contributed by atoms with Crippen LogP contribution < -0.4 is 5.32 Å². The largest absolute Gasteiger partial charge is 0.378 e. The van der Waals surface area contributed by atoms with Crippen LogP contribution in [0.1, 0.15) is 19.4 Å². The molecule has 0 spiro atoms. The summed E-state index contributed by atoms with van der Waals surface area (Å²) in [4.78, 5) is 18.3. The zero-order chi connectivity index (χ0) is 15.4. The van der Waals surface area contributed by atoms with Crippen molar-refractivity contribution in [1.29, 1.82) is 0 Å². The highest BCUT2D eigenvalue weighted by atomic mass is 35.5. The molecule has 1 aromatic heterocycles. The molecule has 0 bridgehead atoms. The molecule has 1 aliphatic heterocycles. The van der Waals surface area contributed by atoms with E-state index in [0.717, 1.165) is 5.56 Å².